The van der Waals surface area contributed by atoms with E-state index in [-0.39, 0.29) is 17.2 Å². The summed E-state index contributed by atoms with van der Waals surface area (Å²) < 4.78 is 1.19. The van der Waals surface area contributed by atoms with Crippen molar-refractivity contribution in [1.82, 2.24) is 14.8 Å². The van der Waals surface area contributed by atoms with Gasteiger partial charge in [-0.2, -0.15) is 5.10 Å². The van der Waals surface area contributed by atoms with E-state index < -0.39 is 0 Å². The Bertz CT molecular complexity index is 1210. The molecule has 0 spiro atoms. The van der Waals surface area contributed by atoms with Gasteiger partial charge in [0.2, 0.25) is 0 Å². The van der Waals surface area contributed by atoms with E-state index in [1.807, 2.05) is 36.6 Å². The van der Waals surface area contributed by atoms with E-state index in [4.69, 9.17) is 0 Å². The second kappa shape index (κ2) is 6.77. The van der Waals surface area contributed by atoms with Crippen LogP contribution in [0, 0.1) is 6.92 Å². The molecule has 7 heteroatoms. The molecule has 0 unspecified atom stereocenters. The van der Waals surface area contributed by atoms with Crippen molar-refractivity contribution in [3.05, 3.63) is 75.0 Å². The molecule has 0 aliphatic carbocycles. The molecule has 1 amide bonds. The zero-order valence-corrected chi connectivity index (χ0v) is 15.6. The lowest BCUT2D eigenvalue weighted by Gasteiger charge is -2.09. The number of hydrogen-bond donors (Lipinski definition) is 1. The highest BCUT2D eigenvalue weighted by molar-refractivity contribution is 7.09. The summed E-state index contributed by atoms with van der Waals surface area (Å²) in [6.45, 7) is 1.97. The third kappa shape index (κ3) is 3.24. The van der Waals surface area contributed by atoms with Gasteiger partial charge in [0.05, 0.1) is 16.1 Å². The van der Waals surface area contributed by atoms with Crippen LogP contribution in [0.5, 0.6) is 0 Å². The minimum atomic E-state index is -0.362. The fraction of sp³-hybridized carbons (Fsp3) is 0.100. The van der Waals surface area contributed by atoms with Crippen LogP contribution >= 0.6 is 11.3 Å². The Hall–Kier alpha value is -3.32. The Morgan fingerprint density at radius 2 is 1.78 bits per heavy atom. The van der Waals surface area contributed by atoms with Crippen molar-refractivity contribution in [1.29, 1.82) is 0 Å². The van der Waals surface area contributed by atoms with Gasteiger partial charge < -0.3 is 5.32 Å². The number of aromatic nitrogens is 3. The second-order valence-corrected chi connectivity index (χ2v) is 7.17. The van der Waals surface area contributed by atoms with Crippen molar-refractivity contribution in [2.75, 3.05) is 5.32 Å². The monoisotopic (exact) mass is 376 g/mol. The molecular weight excluding hydrogens is 360 g/mol. The molecule has 27 heavy (non-hydrogen) atoms. The summed E-state index contributed by atoms with van der Waals surface area (Å²) in [5.41, 5.74) is 2.54. The summed E-state index contributed by atoms with van der Waals surface area (Å²) in [6.07, 6.45) is 0. The van der Waals surface area contributed by atoms with Crippen molar-refractivity contribution in [3.8, 4) is 11.3 Å². The van der Waals surface area contributed by atoms with Gasteiger partial charge in [-0.3, -0.25) is 9.59 Å². The normalized spacial score (nSPS) is 10.9. The SMILES string of the molecule is Cc1nc(-c2ccc(NC(=O)c3nn(C)c(=O)c4ccccc34)cc2)cs1. The van der Waals surface area contributed by atoms with Crippen molar-refractivity contribution in [2.45, 2.75) is 6.92 Å². The number of nitrogens with one attached hydrogen (secondary N) is 1. The van der Waals surface area contributed by atoms with Crippen LogP contribution in [0.3, 0.4) is 0 Å². The number of anilines is 1. The van der Waals surface area contributed by atoms with Crippen molar-refractivity contribution in [3.63, 3.8) is 0 Å². The van der Waals surface area contributed by atoms with E-state index in [0.717, 1.165) is 16.3 Å². The van der Waals surface area contributed by atoms with E-state index in [0.29, 0.717) is 16.5 Å². The zero-order valence-electron chi connectivity index (χ0n) is 14.8. The summed E-state index contributed by atoms with van der Waals surface area (Å²) in [5.74, 6) is -0.362. The fourth-order valence-corrected chi connectivity index (χ4v) is 3.50. The predicted molar refractivity (Wildman–Crippen MR) is 107 cm³/mol. The molecule has 0 saturated heterocycles. The maximum absolute atomic E-state index is 12.8. The lowest BCUT2D eigenvalue weighted by molar-refractivity contribution is 0.102. The molecule has 0 fully saturated rings. The van der Waals surface area contributed by atoms with Crippen LogP contribution in [-0.4, -0.2) is 20.7 Å². The van der Waals surface area contributed by atoms with Gasteiger partial charge >= 0.3 is 0 Å². The van der Waals surface area contributed by atoms with Gasteiger partial charge in [-0.25, -0.2) is 9.67 Å². The predicted octanol–water partition coefficient (Wildman–Crippen LogP) is 3.62. The van der Waals surface area contributed by atoms with Gasteiger partial charge in [0.25, 0.3) is 11.5 Å². The summed E-state index contributed by atoms with van der Waals surface area (Å²) >= 11 is 1.60. The summed E-state index contributed by atoms with van der Waals surface area (Å²) in [5, 5.41) is 11.0. The second-order valence-electron chi connectivity index (χ2n) is 6.11. The first-order valence-electron chi connectivity index (χ1n) is 8.33. The van der Waals surface area contributed by atoms with Gasteiger partial charge in [-0.05, 0) is 25.1 Å². The molecule has 4 aromatic rings. The molecule has 2 aromatic carbocycles. The first kappa shape index (κ1) is 17.1. The van der Waals surface area contributed by atoms with Gasteiger partial charge in [0.1, 0.15) is 0 Å². The molecule has 2 aromatic heterocycles. The van der Waals surface area contributed by atoms with Crippen LogP contribution in [0.2, 0.25) is 0 Å². The topological polar surface area (TPSA) is 76.9 Å². The molecule has 0 atom stereocenters. The Labute approximate surface area is 159 Å². The number of rotatable bonds is 3. The smallest absolute Gasteiger partial charge is 0.276 e. The van der Waals surface area contributed by atoms with Gasteiger partial charge in [-0.15, -0.1) is 11.3 Å². The van der Waals surface area contributed by atoms with Crippen LogP contribution in [0.4, 0.5) is 5.69 Å². The molecule has 0 bridgehead atoms. The van der Waals surface area contributed by atoms with Crippen LogP contribution in [0.1, 0.15) is 15.5 Å². The summed E-state index contributed by atoms with van der Waals surface area (Å²) in [7, 11) is 1.54. The van der Waals surface area contributed by atoms with Gasteiger partial charge in [0.15, 0.2) is 5.69 Å². The first-order chi connectivity index (χ1) is 13.0. The van der Waals surface area contributed by atoms with E-state index in [1.54, 1.807) is 35.6 Å². The third-order valence-electron chi connectivity index (χ3n) is 4.23. The van der Waals surface area contributed by atoms with E-state index in [2.05, 4.69) is 15.4 Å². The Morgan fingerprint density at radius 1 is 1.07 bits per heavy atom. The lowest BCUT2D eigenvalue weighted by Crippen LogP contribution is -2.25. The number of carbonyl (C=O) groups is 1. The Balaban J connectivity index is 1.64. The molecule has 134 valence electrons. The number of nitrogens with zero attached hydrogens (tertiary/aromatic N) is 3. The van der Waals surface area contributed by atoms with E-state index >= 15 is 0 Å². The minimum absolute atomic E-state index is 0.215. The number of fused-ring (bicyclic) bond motifs is 1. The number of benzene rings is 2. The molecular formula is C20H16N4O2S. The maximum atomic E-state index is 12.8. The molecule has 0 aliphatic rings. The van der Waals surface area contributed by atoms with Gasteiger partial charge in [0, 0.05) is 29.1 Å². The fourth-order valence-electron chi connectivity index (χ4n) is 2.88. The van der Waals surface area contributed by atoms with Crippen LogP contribution in [0.25, 0.3) is 22.0 Å². The van der Waals surface area contributed by atoms with Crippen LogP contribution in [0.15, 0.2) is 58.7 Å². The maximum Gasteiger partial charge on any atom is 0.276 e. The standard InChI is InChI=1S/C20H16N4O2S/c1-12-21-17(11-27-12)13-7-9-14(10-8-13)22-19(25)18-15-5-3-4-6-16(15)20(26)24(2)23-18/h3-11H,1-2H3,(H,22,25). The first-order valence-corrected chi connectivity index (χ1v) is 9.21. The van der Waals surface area contributed by atoms with Gasteiger partial charge in [-0.1, -0.05) is 30.3 Å². The van der Waals surface area contributed by atoms with E-state index in [9.17, 15) is 9.59 Å². The molecule has 2 heterocycles. The lowest BCUT2D eigenvalue weighted by atomic mass is 10.1. The summed E-state index contributed by atoms with van der Waals surface area (Å²) in [4.78, 5) is 29.4. The molecule has 0 saturated carbocycles. The van der Waals surface area contributed by atoms with E-state index in [1.165, 1.54) is 11.7 Å². The quantitative estimate of drug-likeness (QED) is 0.592. The zero-order chi connectivity index (χ0) is 19.0. The summed E-state index contributed by atoms with van der Waals surface area (Å²) in [6, 6.07) is 14.5. The Kier molecular flexibility index (Phi) is 4.29. The molecule has 4 rings (SSSR count). The highest BCUT2D eigenvalue weighted by Gasteiger charge is 2.15. The number of carbonyl (C=O) groups excluding carboxylic acids is 1. The molecule has 0 aliphatic heterocycles. The third-order valence-corrected chi connectivity index (χ3v) is 5.00. The van der Waals surface area contributed by atoms with Crippen molar-refractivity contribution in [2.24, 2.45) is 7.05 Å². The highest BCUT2D eigenvalue weighted by Crippen LogP contribution is 2.23. The molecule has 6 nitrogen and oxygen atoms in total. The average molecular weight is 376 g/mol. The average Bonchev–Trinajstić information content (AvgIpc) is 3.11. The number of aryl methyl sites for hydroxylation is 2. The van der Waals surface area contributed by atoms with Crippen LogP contribution < -0.4 is 10.9 Å². The van der Waals surface area contributed by atoms with Crippen LogP contribution in [-0.2, 0) is 7.05 Å². The largest absolute Gasteiger partial charge is 0.321 e. The molecule has 1 N–H and O–H groups in total. The minimum Gasteiger partial charge on any atom is -0.321 e. The highest BCUT2D eigenvalue weighted by atomic mass is 32.1. The van der Waals surface area contributed by atoms with Crippen molar-refractivity contribution < 1.29 is 4.79 Å². The Morgan fingerprint density at radius 3 is 2.44 bits per heavy atom. The molecule has 0 radical (unpaired) electrons. The number of thiazole rings is 1. The van der Waals surface area contributed by atoms with Crippen molar-refractivity contribution >= 4 is 33.7 Å². The number of hydrogen-bond acceptors (Lipinski definition) is 5. The number of amides is 1.